The van der Waals surface area contributed by atoms with Crippen molar-refractivity contribution in [3.63, 3.8) is 0 Å². The largest absolute Gasteiger partial charge is 1.00 e. The Bertz CT molecular complexity index is 66.7. The summed E-state index contributed by atoms with van der Waals surface area (Å²) in [6.07, 6.45) is 0. The summed E-state index contributed by atoms with van der Waals surface area (Å²) in [5.41, 5.74) is 0. The Kier molecular flexibility index (Phi) is 24.1. The van der Waals surface area contributed by atoms with Gasteiger partial charge in [-0.25, -0.2) is 4.57 Å². The average Bonchev–Trinajstić information content (AvgIpc) is 0.722. The van der Waals surface area contributed by atoms with Crippen LogP contribution in [0.1, 0.15) is 1.43 Å². The van der Waals surface area contributed by atoms with Gasteiger partial charge in [0, 0.05) is 17.1 Å². The first-order valence-electron chi connectivity index (χ1n) is 0.783. The van der Waals surface area contributed by atoms with E-state index in [1.165, 1.54) is 0 Å². The Morgan fingerprint density at radius 2 is 1.25 bits per heavy atom. The van der Waals surface area contributed by atoms with Crippen molar-refractivity contribution < 1.29 is 56.6 Å². The Hall–Kier alpha value is 1.52. The third kappa shape index (κ3) is 139. The fourth-order valence-electron chi connectivity index (χ4n) is 0. The van der Waals surface area contributed by atoms with Gasteiger partial charge in [0.25, 0.3) is 0 Å². The number of halogens is 1. The predicted octanol–water partition coefficient (Wildman–Crippen LogP) is -3.39. The summed E-state index contributed by atoms with van der Waals surface area (Å²) in [4.78, 5) is 21.6. The van der Waals surface area contributed by atoms with Crippen molar-refractivity contribution in [2.45, 2.75) is 0 Å². The Labute approximate surface area is 76.8 Å². The standard InChI is InChI=1S/ClH.Fe.Li.H3O4P.H/c;;;1-5(2,3)4;/h1H;;;(H3,1,2,3,4);/q;;+1;;-1. The summed E-state index contributed by atoms with van der Waals surface area (Å²) in [6.45, 7) is 0. The van der Waals surface area contributed by atoms with E-state index < -0.39 is 7.82 Å². The number of hydrogen-bond acceptors (Lipinski definition) is 1. The van der Waals surface area contributed by atoms with Gasteiger partial charge in [-0.2, -0.15) is 0 Å². The van der Waals surface area contributed by atoms with E-state index in [1.54, 1.807) is 0 Å². The molecular weight excluding hydrogens is 193 g/mol. The van der Waals surface area contributed by atoms with Gasteiger partial charge in [0.15, 0.2) is 0 Å². The summed E-state index contributed by atoms with van der Waals surface area (Å²) < 4.78 is 8.88. The number of rotatable bonds is 0. The number of hydrogen-bond donors (Lipinski definition) is 3. The van der Waals surface area contributed by atoms with E-state index >= 15 is 0 Å². The maximum absolute atomic E-state index is 8.88. The summed E-state index contributed by atoms with van der Waals surface area (Å²) in [5.74, 6) is 0. The second kappa shape index (κ2) is 8.52. The van der Waals surface area contributed by atoms with Gasteiger partial charge in [-0.3, -0.25) is 0 Å². The second-order valence-corrected chi connectivity index (χ2v) is 1.54. The molecule has 0 aliphatic carbocycles. The monoisotopic (exact) mass is 198 g/mol. The van der Waals surface area contributed by atoms with Gasteiger partial charge in [0.1, 0.15) is 0 Å². The maximum Gasteiger partial charge on any atom is 1.00 e. The molecule has 3 N–H and O–H groups in total. The molecule has 0 unspecified atom stereocenters. The van der Waals surface area contributed by atoms with Crippen LogP contribution in [0.2, 0.25) is 0 Å². The molecule has 0 fully saturated rings. The summed E-state index contributed by atoms with van der Waals surface area (Å²) >= 11 is 0. The molecule has 8 heavy (non-hydrogen) atoms. The van der Waals surface area contributed by atoms with Gasteiger partial charge in [0.2, 0.25) is 0 Å². The molecule has 0 amide bonds. The molecule has 0 aromatic heterocycles. The van der Waals surface area contributed by atoms with Gasteiger partial charge >= 0.3 is 26.7 Å². The predicted molar refractivity (Wildman–Crippen MR) is 22.6 cm³/mol. The Morgan fingerprint density at radius 1 is 1.25 bits per heavy atom. The molecule has 50 valence electrons. The van der Waals surface area contributed by atoms with Crippen molar-refractivity contribution in [2.75, 3.05) is 0 Å². The van der Waals surface area contributed by atoms with Crippen LogP contribution in [0.15, 0.2) is 0 Å². The Morgan fingerprint density at radius 3 is 1.25 bits per heavy atom. The van der Waals surface area contributed by atoms with Gasteiger partial charge in [-0.15, -0.1) is 12.4 Å². The fourth-order valence-corrected chi connectivity index (χ4v) is 0. The molecule has 0 bridgehead atoms. The van der Waals surface area contributed by atoms with E-state index in [4.69, 9.17) is 19.2 Å². The normalized spacial score (nSPS) is 7.38. The van der Waals surface area contributed by atoms with Crippen LogP contribution in [0.4, 0.5) is 0 Å². The van der Waals surface area contributed by atoms with Crippen molar-refractivity contribution in [3.05, 3.63) is 0 Å². The molecule has 0 aromatic carbocycles. The zero-order chi connectivity index (χ0) is 4.50. The van der Waals surface area contributed by atoms with E-state index in [2.05, 4.69) is 0 Å². The average molecular weight is 198 g/mol. The molecule has 0 spiro atoms. The molecule has 0 saturated heterocycles. The van der Waals surface area contributed by atoms with Gasteiger partial charge in [0.05, 0.1) is 0 Å². The third-order valence-corrected chi connectivity index (χ3v) is 0. The maximum atomic E-state index is 8.88. The minimum Gasteiger partial charge on any atom is -1.00 e. The van der Waals surface area contributed by atoms with Gasteiger partial charge in [-0.1, -0.05) is 0 Å². The molecule has 0 saturated carbocycles. The molecule has 8 heteroatoms. The van der Waals surface area contributed by atoms with E-state index in [0.29, 0.717) is 0 Å². The summed E-state index contributed by atoms with van der Waals surface area (Å²) in [5, 5.41) is 0. The molecule has 0 atom stereocenters. The summed E-state index contributed by atoms with van der Waals surface area (Å²) in [7, 11) is -4.64. The molecule has 0 radical (unpaired) electrons. The van der Waals surface area contributed by atoms with E-state index in [9.17, 15) is 0 Å². The minimum absolute atomic E-state index is 0. The van der Waals surface area contributed by atoms with Gasteiger partial charge in [-0.05, 0) is 0 Å². The van der Waals surface area contributed by atoms with Crippen molar-refractivity contribution in [2.24, 2.45) is 0 Å². The molecule has 0 heterocycles. The smallest absolute Gasteiger partial charge is 1.00 e. The molecule has 0 aliphatic heterocycles. The zero-order valence-electron chi connectivity index (χ0n) is 4.96. The molecule has 0 aliphatic rings. The van der Waals surface area contributed by atoms with Crippen molar-refractivity contribution in [1.82, 2.24) is 0 Å². The van der Waals surface area contributed by atoms with Crippen LogP contribution < -0.4 is 18.9 Å². The van der Waals surface area contributed by atoms with Crippen LogP contribution in [0.3, 0.4) is 0 Å². The van der Waals surface area contributed by atoms with Crippen molar-refractivity contribution in [1.29, 1.82) is 0 Å². The zero-order valence-corrected chi connectivity index (χ0v) is 6.77. The Balaban J connectivity index is -0.0000000133. The van der Waals surface area contributed by atoms with E-state index in [1.807, 2.05) is 0 Å². The van der Waals surface area contributed by atoms with E-state index in [-0.39, 0.29) is 49.8 Å². The van der Waals surface area contributed by atoms with E-state index in [0.717, 1.165) is 0 Å². The molecular formula is H5ClFeLiO4P. The molecule has 4 nitrogen and oxygen atoms in total. The topological polar surface area (TPSA) is 77.8 Å². The van der Waals surface area contributed by atoms with Crippen LogP contribution in [0.25, 0.3) is 0 Å². The SMILES string of the molecule is Cl.O=P(O)(O)O.[Fe].[H-].[Li+]. The second-order valence-electron chi connectivity index (χ2n) is 0.513. The van der Waals surface area contributed by atoms with Crippen molar-refractivity contribution >= 4 is 20.2 Å². The first-order chi connectivity index (χ1) is 2.00. The van der Waals surface area contributed by atoms with Gasteiger partial charge < -0.3 is 16.1 Å². The van der Waals surface area contributed by atoms with Crippen molar-refractivity contribution in [3.8, 4) is 0 Å². The minimum atomic E-state index is -4.64. The quantitative estimate of drug-likeness (QED) is 0.280. The van der Waals surface area contributed by atoms with Crippen LogP contribution in [-0.2, 0) is 21.6 Å². The first kappa shape index (κ1) is 22.7. The third-order valence-electron chi connectivity index (χ3n) is 0. The van der Waals surface area contributed by atoms with Crippen LogP contribution in [0, 0.1) is 0 Å². The number of phosphoric acid groups is 1. The fraction of sp³-hybridized carbons (Fsp3) is 0. The van der Waals surface area contributed by atoms with Crippen LogP contribution in [0.5, 0.6) is 0 Å². The summed E-state index contributed by atoms with van der Waals surface area (Å²) in [6, 6.07) is 0. The van der Waals surface area contributed by atoms with Crippen LogP contribution in [-0.4, -0.2) is 14.7 Å². The molecule has 0 aromatic rings. The van der Waals surface area contributed by atoms with Crippen LogP contribution >= 0.6 is 20.2 Å². The first-order valence-corrected chi connectivity index (χ1v) is 2.35. The molecule has 0 rings (SSSR count).